The Labute approximate surface area is 55.4 Å². The minimum Gasteiger partial charge on any atom is -0.540 e. The SMILES string of the molecule is O=[C-]CO.[Y]. The van der Waals surface area contributed by atoms with Crippen LogP contribution >= 0.6 is 0 Å². The van der Waals surface area contributed by atoms with Crippen LogP contribution in [0.4, 0.5) is 0 Å². The maximum atomic E-state index is 8.80. The molecular formula is C2H3O2Y-. The van der Waals surface area contributed by atoms with Crippen LogP contribution in [0.25, 0.3) is 0 Å². The van der Waals surface area contributed by atoms with Crippen molar-refractivity contribution in [1.29, 1.82) is 0 Å². The molecule has 0 aliphatic rings. The van der Waals surface area contributed by atoms with E-state index < -0.39 is 6.61 Å². The fraction of sp³-hybridized carbons (Fsp3) is 0.500. The van der Waals surface area contributed by atoms with Gasteiger partial charge in [0.25, 0.3) is 0 Å². The van der Waals surface area contributed by atoms with Gasteiger partial charge in [-0.25, -0.2) is 6.29 Å². The van der Waals surface area contributed by atoms with Gasteiger partial charge in [0.2, 0.25) is 0 Å². The molecule has 1 radical (unpaired) electrons. The Morgan fingerprint density at radius 1 is 1.80 bits per heavy atom. The van der Waals surface area contributed by atoms with E-state index in [1.165, 1.54) is 6.29 Å². The molecule has 2 nitrogen and oxygen atoms in total. The van der Waals surface area contributed by atoms with Crippen LogP contribution in [-0.2, 0) is 37.5 Å². The smallest absolute Gasteiger partial charge is 0 e. The van der Waals surface area contributed by atoms with Crippen molar-refractivity contribution in [2.75, 3.05) is 6.61 Å². The van der Waals surface area contributed by atoms with Crippen molar-refractivity contribution in [2.45, 2.75) is 0 Å². The van der Waals surface area contributed by atoms with E-state index in [9.17, 15) is 0 Å². The number of aliphatic hydroxyl groups excluding tert-OH is 1. The van der Waals surface area contributed by atoms with Crippen LogP contribution in [-0.4, -0.2) is 18.0 Å². The van der Waals surface area contributed by atoms with Gasteiger partial charge < -0.3 is 9.90 Å². The summed E-state index contributed by atoms with van der Waals surface area (Å²) in [7, 11) is 0. The molecule has 0 aromatic rings. The maximum Gasteiger partial charge on any atom is 0 e. The Balaban J connectivity index is 0. The molecule has 0 aliphatic heterocycles. The molecule has 0 bridgehead atoms. The predicted octanol–water partition coefficient (Wildman–Crippen LogP) is -0.914. The number of hydrogen-bond donors (Lipinski definition) is 1. The van der Waals surface area contributed by atoms with Crippen LogP contribution in [0.1, 0.15) is 0 Å². The first-order valence-electron chi connectivity index (χ1n) is 0.874. The van der Waals surface area contributed by atoms with Gasteiger partial charge in [0, 0.05) is 32.7 Å². The summed E-state index contributed by atoms with van der Waals surface area (Å²) in [4.78, 5) is 8.80. The number of hydrogen-bond acceptors (Lipinski definition) is 2. The molecule has 0 aromatic heterocycles. The molecule has 0 spiro atoms. The molecule has 0 saturated carbocycles. The zero-order valence-electron chi connectivity index (χ0n) is 2.64. The van der Waals surface area contributed by atoms with E-state index in [0.29, 0.717) is 0 Å². The molecule has 0 atom stereocenters. The summed E-state index contributed by atoms with van der Waals surface area (Å²) in [5.41, 5.74) is 0. The largest absolute Gasteiger partial charge is 0.540 e. The van der Waals surface area contributed by atoms with Crippen molar-refractivity contribution in [2.24, 2.45) is 0 Å². The fourth-order valence-corrected chi connectivity index (χ4v) is 0. The van der Waals surface area contributed by atoms with Crippen LogP contribution in [0.3, 0.4) is 0 Å². The first kappa shape index (κ1) is 9.22. The Morgan fingerprint density at radius 2 is 2.00 bits per heavy atom. The predicted molar refractivity (Wildman–Crippen MR) is 12.8 cm³/mol. The van der Waals surface area contributed by atoms with E-state index in [1.807, 2.05) is 0 Å². The molecule has 5 heavy (non-hydrogen) atoms. The van der Waals surface area contributed by atoms with Crippen molar-refractivity contribution in [1.82, 2.24) is 0 Å². The van der Waals surface area contributed by atoms with Gasteiger partial charge in [-0.2, -0.15) is 0 Å². The summed E-state index contributed by atoms with van der Waals surface area (Å²) in [6.07, 6.45) is 1.24. The van der Waals surface area contributed by atoms with Gasteiger partial charge in [0.05, 0.1) is 0 Å². The normalized spacial score (nSPS) is 5.00. The third-order valence-electron chi connectivity index (χ3n) is 0.0645. The van der Waals surface area contributed by atoms with Crippen molar-refractivity contribution in [3.05, 3.63) is 0 Å². The number of aliphatic hydroxyl groups is 1. The van der Waals surface area contributed by atoms with Gasteiger partial charge in [-0.05, 0) is 0 Å². The molecular weight excluding hydrogens is 145 g/mol. The summed E-state index contributed by atoms with van der Waals surface area (Å²) in [6.45, 7) is -0.486. The molecule has 3 heteroatoms. The van der Waals surface area contributed by atoms with Gasteiger partial charge in [-0.1, -0.05) is 6.61 Å². The fourth-order valence-electron chi connectivity index (χ4n) is 0. The summed E-state index contributed by atoms with van der Waals surface area (Å²) in [5.74, 6) is 0. The zero-order valence-corrected chi connectivity index (χ0v) is 5.48. The minimum absolute atomic E-state index is 0. The Kier molecular flexibility index (Phi) is 16.3. The minimum atomic E-state index is -0.486. The molecule has 27 valence electrons. The van der Waals surface area contributed by atoms with Gasteiger partial charge in [-0.3, -0.25) is 0 Å². The molecule has 1 N–H and O–H groups in total. The van der Waals surface area contributed by atoms with E-state index in [1.54, 1.807) is 0 Å². The molecule has 0 aliphatic carbocycles. The quantitative estimate of drug-likeness (QED) is 0.488. The standard InChI is InChI=1S/C2H3O2.Y/c3-1-2-4;/h3H,1H2;/q-1;. The van der Waals surface area contributed by atoms with Crippen LogP contribution in [0.5, 0.6) is 0 Å². The molecule has 0 heterocycles. The van der Waals surface area contributed by atoms with Gasteiger partial charge in [0.1, 0.15) is 0 Å². The summed E-state index contributed by atoms with van der Waals surface area (Å²) < 4.78 is 0. The Morgan fingerprint density at radius 3 is 2.00 bits per heavy atom. The first-order chi connectivity index (χ1) is 1.91. The van der Waals surface area contributed by atoms with Crippen LogP contribution in [0.15, 0.2) is 0 Å². The first-order valence-corrected chi connectivity index (χ1v) is 0.874. The van der Waals surface area contributed by atoms with E-state index in [2.05, 4.69) is 0 Å². The monoisotopic (exact) mass is 148 g/mol. The van der Waals surface area contributed by atoms with E-state index in [-0.39, 0.29) is 32.7 Å². The van der Waals surface area contributed by atoms with Crippen molar-refractivity contribution >= 4 is 6.29 Å². The van der Waals surface area contributed by atoms with E-state index >= 15 is 0 Å². The molecule has 0 saturated heterocycles. The van der Waals surface area contributed by atoms with Gasteiger partial charge in [0.15, 0.2) is 0 Å². The molecule has 0 amide bonds. The number of carbonyl (C=O) groups excluding carboxylic acids is 1. The summed E-state index contributed by atoms with van der Waals surface area (Å²) in [5, 5.41) is 7.45. The third-order valence-corrected chi connectivity index (χ3v) is 0.0645. The molecule has 0 aromatic carbocycles. The van der Waals surface area contributed by atoms with Crippen LogP contribution in [0.2, 0.25) is 0 Å². The average molecular weight is 148 g/mol. The van der Waals surface area contributed by atoms with E-state index in [0.717, 1.165) is 0 Å². The second kappa shape index (κ2) is 8.83. The zero-order chi connectivity index (χ0) is 3.41. The van der Waals surface area contributed by atoms with Crippen molar-refractivity contribution in [3.8, 4) is 0 Å². The van der Waals surface area contributed by atoms with Crippen molar-refractivity contribution in [3.63, 3.8) is 0 Å². The average Bonchev–Trinajstić information content (AvgIpc) is 1.37. The molecule has 0 unspecified atom stereocenters. The topological polar surface area (TPSA) is 37.3 Å². The summed E-state index contributed by atoms with van der Waals surface area (Å²) in [6, 6.07) is 0. The maximum absolute atomic E-state index is 8.80. The van der Waals surface area contributed by atoms with Crippen molar-refractivity contribution < 1.29 is 42.6 Å². The van der Waals surface area contributed by atoms with Gasteiger partial charge >= 0.3 is 0 Å². The van der Waals surface area contributed by atoms with Crippen LogP contribution < -0.4 is 0 Å². The Bertz CT molecular complexity index is 21.6. The Hall–Kier alpha value is 0.734. The third kappa shape index (κ3) is 11.8. The second-order valence-electron chi connectivity index (χ2n) is 0.302. The second-order valence-corrected chi connectivity index (χ2v) is 0.302. The van der Waals surface area contributed by atoms with Gasteiger partial charge in [-0.15, -0.1) is 0 Å². The molecule has 0 rings (SSSR count). The molecule has 0 fully saturated rings. The van der Waals surface area contributed by atoms with E-state index in [4.69, 9.17) is 9.90 Å². The number of rotatable bonds is 1. The summed E-state index contributed by atoms with van der Waals surface area (Å²) >= 11 is 0. The van der Waals surface area contributed by atoms with Crippen LogP contribution in [0, 0.1) is 0 Å².